The highest BCUT2D eigenvalue weighted by molar-refractivity contribution is 14.1. The van der Waals surface area contributed by atoms with Crippen molar-refractivity contribution < 1.29 is 0 Å². The number of rotatable bonds is 0. The smallest absolute Gasteiger partial charge is 0.261 e. The van der Waals surface area contributed by atoms with Gasteiger partial charge in [-0.1, -0.05) is 6.07 Å². The lowest BCUT2D eigenvalue weighted by molar-refractivity contribution is 1.28. The number of hydrogen-bond donors (Lipinski definition) is 1. The van der Waals surface area contributed by atoms with Crippen molar-refractivity contribution in [1.29, 1.82) is 0 Å². The molecule has 2 aromatic rings. The minimum Gasteiger partial charge on any atom is -0.321 e. The second-order valence-corrected chi connectivity index (χ2v) is 4.97. The molecule has 0 aliphatic heterocycles. The van der Waals surface area contributed by atoms with Gasteiger partial charge in [0.05, 0.1) is 3.57 Å². The van der Waals surface area contributed by atoms with Crippen LogP contribution in [0.2, 0.25) is 0 Å². The van der Waals surface area contributed by atoms with E-state index in [2.05, 4.69) is 27.6 Å². The molecule has 0 aliphatic rings. The maximum Gasteiger partial charge on any atom is 0.261 e. The highest BCUT2D eigenvalue weighted by atomic mass is 127. The molecule has 0 saturated carbocycles. The van der Waals surface area contributed by atoms with Gasteiger partial charge in [0, 0.05) is 14.5 Å². The zero-order chi connectivity index (χ0) is 9.42. The number of nitrogens with one attached hydrogen (secondary N) is 1. The van der Waals surface area contributed by atoms with Crippen LogP contribution in [0.4, 0.5) is 0 Å². The molecular weight excluding hydrogens is 392 g/mol. The van der Waals surface area contributed by atoms with Crippen LogP contribution in [0.5, 0.6) is 0 Å². The highest BCUT2D eigenvalue weighted by Crippen LogP contribution is 2.18. The van der Waals surface area contributed by atoms with Gasteiger partial charge in [-0.25, -0.2) is 0 Å². The van der Waals surface area contributed by atoms with Crippen molar-refractivity contribution in [1.82, 2.24) is 4.98 Å². The first-order chi connectivity index (χ1) is 6.18. The Balaban J connectivity index is 2.97. The Morgan fingerprint density at radius 3 is 2.69 bits per heavy atom. The van der Waals surface area contributed by atoms with Crippen LogP contribution in [-0.4, -0.2) is 4.98 Å². The van der Waals surface area contributed by atoms with Crippen LogP contribution in [-0.2, 0) is 0 Å². The minimum atomic E-state index is -0.0184. The van der Waals surface area contributed by atoms with E-state index in [9.17, 15) is 4.79 Å². The van der Waals surface area contributed by atoms with Crippen LogP contribution in [0.15, 0.2) is 29.1 Å². The van der Waals surface area contributed by atoms with E-state index < -0.39 is 0 Å². The lowest BCUT2D eigenvalue weighted by Crippen LogP contribution is -2.08. The monoisotopic (exact) mass is 397 g/mol. The van der Waals surface area contributed by atoms with Crippen LogP contribution in [0.3, 0.4) is 0 Å². The Labute approximate surface area is 102 Å². The first kappa shape index (κ1) is 9.45. The molecule has 2 rings (SSSR count). The van der Waals surface area contributed by atoms with Gasteiger partial charge in [-0.3, -0.25) is 4.79 Å². The van der Waals surface area contributed by atoms with Gasteiger partial charge in [0.1, 0.15) is 0 Å². The third kappa shape index (κ3) is 1.74. The molecule has 0 radical (unpaired) electrons. The molecule has 4 heteroatoms. The SMILES string of the molecule is O=c1[nH]c2cccc(I)c2cc1I. The minimum absolute atomic E-state index is 0.0184. The van der Waals surface area contributed by atoms with E-state index >= 15 is 0 Å². The molecule has 13 heavy (non-hydrogen) atoms. The summed E-state index contributed by atoms with van der Waals surface area (Å²) in [6.45, 7) is 0. The van der Waals surface area contributed by atoms with E-state index in [1.165, 1.54) is 0 Å². The van der Waals surface area contributed by atoms with E-state index in [0.717, 1.165) is 18.0 Å². The second-order valence-electron chi connectivity index (χ2n) is 2.65. The van der Waals surface area contributed by atoms with Crippen molar-refractivity contribution >= 4 is 56.1 Å². The molecule has 0 aliphatic carbocycles. The number of aromatic amines is 1. The van der Waals surface area contributed by atoms with E-state index in [0.29, 0.717) is 0 Å². The Morgan fingerprint density at radius 2 is 1.92 bits per heavy atom. The van der Waals surface area contributed by atoms with E-state index in [-0.39, 0.29) is 5.56 Å². The fourth-order valence-electron chi connectivity index (χ4n) is 1.17. The quantitative estimate of drug-likeness (QED) is 0.682. The van der Waals surface area contributed by atoms with Gasteiger partial charge in [0.2, 0.25) is 0 Å². The van der Waals surface area contributed by atoms with Crippen molar-refractivity contribution in [3.05, 3.63) is 41.8 Å². The van der Waals surface area contributed by atoms with Gasteiger partial charge < -0.3 is 4.98 Å². The Morgan fingerprint density at radius 1 is 1.15 bits per heavy atom. The molecule has 1 aromatic carbocycles. The van der Waals surface area contributed by atoms with E-state index in [4.69, 9.17) is 0 Å². The van der Waals surface area contributed by atoms with Crippen LogP contribution in [0.1, 0.15) is 0 Å². The molecule has 0 unspecified atom stereocenters. The fraction of sp³-hybridized carbons (Fsp3) is 0. The zero-order valence-electron chi connectivity index (χ0n) is 6.47. The molecule has 2 nitrogen and oxygen atoms in total. The van der Waals surface area contributed by atoms with Gasteiger partial charge in [0.25, 0.3) is 5.56 Å². The van der Waals surface area contributed by atoms with Crippen molar-refractivity contribution in [2.75, 3.05) is 0 Å². The number of fused-ring (bicyclic) bond motifs is 1. The molecule has 66 valence electrons. The number of benzene rings is 1. The lowest BCUT2D eigenvalue weighted by Gasteiger charge is -1.99. The van der Waals surface area contributed by atoms with Crippen molar-refractivity contribution in [3.63, 3.8) is 0 Å². The molecular formula is C9H5I2NO. The number of hydrogen-bond acceptors (Lipinski definition) is 1. The summed E-state index contributed by atoms with van der Waals surface area (Å²) >= 11 is 4.30. The van der Waals surface area contributed by atoms with E-state index in [1.807, 2.05) is 46.9 Å². The summed E-state index contributed by atoms with van der Waals surface area (Å²) in [6, 6.07) is 7.79. The number of pyridine rings is 1. The topological polar surface area (TPSA) is 32.9 Å². The number of halogens is 2. The number of H-pyrrole nitrogens is 1. The van der Waals surface area contributed by atoms with Crippen LogP contribution in [0, 0.1) is 7.14 Å². The third-order valence-electron chi connectivity index (χ3n) is 1.79. The summed E-state index contributed by atoms with van der Waals surface area (Å²) in [7, 11) is 0. The first-order valence-electron chi connectivity index (χ1n) is 3.65. The predicted octanol–water partition coefficient (Wildman–Crippen LogP) is 2.74. The predicted molar refractivity (Wildman–Crippen MR) is 70.0 cm³/mol. The Hall–Kier alpha value is -0.110. The summed E-state index contributed by atoms with van der Waals surface area (Å²) < 4.78 is 1.89. The molecule has 1 aromatic heterocycles. The lowest BCUT2D eigenvalue weighted by atomic mass is 10.2. The van der Waals surface area contributed by atoms with Crippen LogP contribution < -0.4 is 5.56 Å². The van der Waals surface area contributed by atoms with Gasteiger partial charge in [0.15, 0.2) is 0 Å². The molecule has 0 bridgehead atoms. The summed E-state index contributed by atoms with van der Waals surface area (Å²) in [6.07, 6.45) is 0. The van der Waals surface area contributed by atoms with Gasteiger partial charge in [-0.15, -0.1) is 0 Å². The maximum absolute atomic E-state index is 11.3. The van der Waals surface area contributed by atoms with Gasteiger partial charge in [-0.2, -0.15) is 0 Å². The summed E-state index contributed by atoms with van der Waals surface area (Å²) in [5.41, 5.74) is 0.882. The average Bonchev–Trinajstić information content (AvgIpc) is 2.09. The molecule has 0 saturated heterocycles. The van der Waals surface area contributed by atoms with Crippen LogP contribution in [0.25, 0.3) is 10.9 Å². The molecule has 1 heterocycles. The summed E-state index contributed by atoms with van der Waals surface area (Å²) in [4.78, 5) is 14.1. The van der Waals surface area contributed by atoms with Crippen molar-refractivity contribution in [2.24, 2.45) is 0 Å². The molecule has 0 spiro atoms. The highest BCUT2D eigenvalue weighted by Gasteiger charge is 2.01. The summed E-state index contributed by atoms with van der Waals surface area (Å²) in [5.74, 6) is 0. The second kappa shape index (κ2) is 3.56. The Kier molecular flexibility index (Phi) is 2.59. The third-order valence-corrected chi connectivity index (χ3v) is 3.53. The zero-order valence-corrected chi connectivity index (χ0v) is 10.8. The summed E-state index contributed by atoms with van der Waals surface area (Å²) in [5, 5.41) is 1.10. The standard InChI is InChI=1S/C9H5I2NO/c10-6-2-1-3-8-5(6)4-7(11)9(13)12-8/h1-4H,(H,12,13). The fourth-order valence-corrected chi connectivity index (χ4v) is 2.27. The van der Waals surface area contributed by atoms with Gasteiger partial charge in [-0.05, 0) is 63.4 Å². The first-order valence-corrected chi connectivity index (χ1v) is 5.81. The average molecular weight is 397 g/mol. The van der Waals surface area contributed by atoms with E-state index in [1.54, 1.807) is 0 Å². The molecule has 0 atom stereocenters. The molecule has 0 fully saturated rings. The van der Waals surface area contributed by atoms with Crippen molar-refractivity contribution in [2.45, 2.75) is 0 Å². The van der Waals surface area contributed by atoms with Crippen LogP contribution >= 0.6 is 45.2 Å². The van der Waals surface area contributed by atoms with Crippen molar-refractivity contribution in [3.8, 4) is 0 Å². The molecule has 1 N–H and O–H groups in total. The van der Waals surface area contributed by atoms with Gasteiger partial charge >= 0.3 is 0 Å². The normalized spacial score (nSPS) is 10.6. The largest absolute Gasteiger partial charge is 0.321 e. The maximum atomic E-state index is 11.3. The number of aromatic nitrogens is 1. The molecule has 0 amide bonds. The Bertz CT molecular complexity index is 518.